The van der Waals surface area contributed by atoms with Gasteiger partial charge < -0.3 is 10.4 Å². The lowest BCUT2D eigenvalue weighted by Crippen LogP contribution is -2.47. The van der Waals surface area contributed by atoms with Gasteiger partial charge in [-0.05, 0) is 25.8 Å². The van der Waals surface area contributed by atoms with Gasteiger partial charge in [-0.2, -0.15) is 0 Å². The van der Waals surface area contributed by atoms with Crippen molar-refractivity contribution in [2.24, 2.45) is 7.05 Å². The molecule has 5 nitrogen and oxygen atoms in total. The minimum atomic E-state index is -0.821. The predicted octanol–water partition coefficient (Wildman–Crippen LogP) is 1.82. The van der Waals surface area contributed by atoms with Crippen molar-refractivity contribution in [2.75, 3.05) is 0 Å². The number of nitrogens with one attached hydrogen (secondary N) is 1. The number of hydrogen-bond acceptors (Lipinski definition) is 4. The fourth-order valence-corrected chi connectivity index (χ4v) is 3.27. The molecule has 2 aromatic rings. The Labute approximate surface area is 125 Å². The lowest BCUT2D eigenvalue weighted by atomic mass is 9.78. The minimum Gasteiger partial charge on any atom is -0.385 e. The topological polar surface area (TPSA) is 63.0 Å². The second-order valence-electron chi connectivity index (χ2n) is 6.25. The molecule has 3 rings (SSSR count). The molecular weight excluding hydrogens is 264 g/mol. The molecule has 0 aliphatic carbocycles. The minimum absolute atomic E-state index is 0.0213. The summed E-state index contributed by atoms with van der Waals surface area (Å²) >= 11 is 0. The predicted molar refractivity (Wildman–Crippen MR) is 80.7 cm³/mol. The van der Waals surface area contributed by atoms with Gasteiger partial charge in [-0.1, -0.05) is 35.0 Å². The number of nitrogens with zero attached hydrogens (tertiary/aromatic N) is 3. The number of aliphatic hydroxyl groups is 1. The van der Waals surface area contributed by atoms with Crippen molar-refractivity contribution in [1.29, 1.82) is 0 Å². The van der Waals surface area contributed by atoms with Crippen molar-refractivity contribution >= 4 is 0 Å². The quantitative estimate of drug-likeness (QED) is 0.884. The van der Waals surface area contributed by atoms with Crippen LogP contribution in [-0.2, 0) is 12.6 Å². The van der Waals surface area contributed by atoms with Crippen LogP contribution in [0.3, 0.4) is 0 Å². The average molecular weight is 286 g/mol. The van der Waals surface area contributed by atoms with E-state index in [0.717, 1.165) is 11.3 Å². The van der Waals surface area contributed by atoms with Crippen LogP contribution in [0.1, 0.15) is 42.6 Å². The van der Waals surface area contributed by atoms with Gasteiger partial charge >= 0.3 is 0 Å². The van der Waals surface area contributed by atoms with Crippen LogP contribution in [0.2, 0.25) is 0 Å². The van der Waals surface area contributed by atoms with E-state index in [9.17, 15) is 5.11 Å². The molecule has 1 saturated heterocycles. The largest absolute Gasteiger partial charge is 0.385 e. The molecule has 1 aliphatic heterocycles. The Morgan fingerprint density at radius 3 is 2.86 bits per heavy atom. The van der Waals surface area contributed by atoms with Crippen LogP contribution in [0.4, 0.5) is 0 Å². The van der Waals surface area contributed by atoms with E-state index in [1.165, 1.54) is 5.56 Å². The smallest absolute Gasteiger partial charge is 0.0997 e. The summed E-state index contributed by atoms with van der Waals surface area (Å²) in [5, 5.41) is 22.9. The molecule has 0 bridgehead atoms. The van der Waals surface area contributed by atoms with Crippen LogP contribution >= 0.6 is 0 Å². The number of benzene rings is 1. The number of aromatic nitrogens is 3. The first-order valence-corrected chi connectivity index (χ1v) is 7.38. The molecule has 1 aliphatic rings. The van der Waals surface area contributed by atoms with Crippen molar-refractivity contribution in [3.8, 4) is 0 Å². The summed E-state index contributed by atoms with van der Waals surface area (Å²) in [5.41, 5.74) is 2.22. The van der Waals surface area contributed by atoms with Gasteiger partial charge in [0.1, 0.15) is 0 Å². The fraction of sp³-hybridized carbons (Fsp3) is 0.500. The molecule has 0 spiro atoms. The van der Waals surface area contributed by atoms with Crippen molar-refractivity contribution in [3.63, 3.8) is 0 Å². The van der Waals surface area contributed by atoms with Gasteiger partial charge in [0.25, 0.3) is 0 Å². The highest BCUT2D eigenvalue weighted by Crippen LogP contribution is 2.39. The van der Waals surface area contributed by atoms with Gasteiger partial charge in [-0.15, -0.1) is 5.10 Å². The summed E-state index contributed by atoms with van der Waals surface area (Å²) < 4.78 is 1.70. The van der Waals surface area contributed by atoms with Crippen LogP contribution in [0.15, 0.2) is 30.5 Å². The summed E-state index contributed by atoms with van der Waals surface area (Å²) in [5.74, 6) is 0. The van der Waals surface area contributed by atoms with Crippen molar-refractivity contribution in [1.82, 2.24) is 20.3 Å². The molecule has 0 saturated carbocycles. The lowest BCUT2D eigenvalue weighted by molar-refractivity contribution is -0.0236. The van der Waals surface area contributed by atoms with Crippen molar-refractivity contribution in [2.45, 2.75) is 44.4 Å². The van der Waals surface area contributed by atoms with Crippen LogP contribution in [0.25, 0.3) is 0 Å². The van der Waals surface area contributed by atoms with E-state index in [1.54, 1.807) is 4.68 Å². The fourth-order valence-electron chi connectivity index (χ4n) is 3.27. The van der Waals surface area contributed by atoms with E-state index >= 15 is 0 Å². The van der Waals surface area contributed by atoms with Crippen molar-refractivity contribution in [3.05, 3.63) is 47.3 Å². The van der Waals surface area contributed by atoms with E-state index in [-0.39, 0.29) is 12.1 Å². The van der Waals surface area contributed by atoms with Crippen LogP contribution < -0.4 is 5.32 Å². The molecule has 1 fully saturated rings. The van der Waals surface area contributed by atoms with Gasteiger partial charge in [0.2, 0.25) is 0 Å². The normalized spacial score (nSPS) is 29.5. The molecule has 1 aromatic heterocycles. The second kappa shape index (κ2) is 5.24. The monoisotopic (exact) mass is 286 g/mol. The number of piperidine rings is 1. The summed E-state index contributed by atoms with van der Waals surface area (Å²) in [6, 6.07) is 8.39. The Bertz CT molecular complexity index is 639. The molecule has 112 valence electrons. The Morgan fingerprint density at radius 2 is 2.19 bits per heavy atom. The van der Waals surface area contributed by atoms with E-state index in [1.807, 2.05) is 25.4 Å². The van der Waals surface area contributed by atoms with Crippen LogP contribution in [0.5, 0.6) is 0 Å². The van der Waals surface area contributed by atoms with Crippen LogP contribution in [0, 0.1) is 6.92 Å². The molecule has 0 unspecified atom stereocenters. The number of aryl methyl sites for hydroxylation is 2. The lowest BCUT2D eigenvalue weighted by Gasteiger charge is -2.41. The molecule has 5 heteroatoms. The Morgan fingerprint density at radius 1 is 1.38 bits per heavy atom. The first-order chi connectivity index (χ1) is 9.96. The Balaban J connectivity index is 1.92. The molecule has 2 heterocycles. The molecule has 3 atom stereocenters. The Kier molecular flexibility index (Phi) is 3.55. The van der Waals surface area contributed by atoms with Crippen molar-refractivity contribution < 1.29 is 5.11 Å². The van der Waals surface area contributed by atoms with Gasteiger partial charge in [0.05, 0.1) is 17.3 Å². The molecule has 1 aromatic carbocycles. The first kappa shape index (κ1) is 14.2. The molecule has 0 radical (unpaired) electrons. The first-order valence-electron chi connectivity index (χ1n) is 7.38. The van der Waals surface area contributed by atoms with E-state index in [0.29, 0.717) is 12.8 Å². The summed E-state index contributed by atoms with van der Waals surface area (Å²) in [6.07, 6.45) is 3.22. The maximum Gasteiger partial charge on any atom is 0.0997 e. The standard InChI is InChI=1S/C16H22N4O/c1-11-5-4-6-13(7-11)16(21)8-12(2)17-14(9-16)15-10-20(3)19-18-15/h4-7,10,12,14,17,21H,8-9H2,1-3H3/t12-,14-,16-/m0/s1. The molecular formula is C16H22N4O. The maximum atomic E-state index is 11.2. The zero-order valence-corrected chi connectivity index (χ0v) is 12.7. The maximum absolute atomic E-state index is 11.2. The zero-order chi connectivity index (χ0) is 15.0. The van der Waals surface area contributed by atoms with E-state index in [2.05, 4.69) is 41.6 Å². The van der Waals surface area contributed by atoms with Gasteiger partial charge in [-0.3, -0.25) is 4.68 Å². The molecule has 0 amide bonds. The van der Waals surface area contributed by atoms with Crippen LogP contribution in [-0.4, -0.2) is 26.1 Å². The Hall–Kier alpha value is -1.72. The summed E-state index contributed by atoms with van der Waals surface area (Å²) in [7, 11) is 1.86. The van der Waals surface area contributed by atoms with Gasteiger partial charge in [-0.25, -0.2) is 0 Å². The van der Waals surface area contributed by atoms with E-state index < -0.39 is 5.60 Å². The third-order valence-corrected chi connectivity index (χ3v) is 4.20. The average Bonchev–Trinajstić information content (AvgIpc) is 2.84. The second-order valence-corrected chi connectivity index (χ2v) is 6.25. The van der Waals surface area contributed by atoms with Gasteiger partial charge in [0, 0.05) is 25.7 Å². The third-order valence-electron chi connectivity index (χ3n) is 4.20. The summed E-state index contributed by atoms with van der Waals surface area (Å²) in [4.78, 5) is 0. The highest BCUT2D eigenvalue weighted by molar-refractivity contribution is 5.29. The summed E-state index contributed by atoms with van der Waals surface area (Å²) in [6.45, 7) is 4.15. The number of rotatable bonds is 2. The molecule has 2 N–H and O–H groups in total. The highest BCUT2D eigenvalue weighted by Gasteiger charge is 2.40. The van der Waals surface area contributed by atoms with E-state index in [4.69, 9.17) is 0 Å². The zero-order valence-electron chi connectivity index (χ0n) is 12.7. The number of hydrogen-bond donors (Lipinski definition) is 2. The van der Waals surface area contributed by atoms with Gasteiger partial charge in [0.15, 0.2) is 0 Å². The third kappa shape index (κ3) is 2.84. The SMILES string of the molecule is Cc1cccc([C@@]2(O)C[C@@H](c3cn(C)nn3)N[C@@H](C)C2)c1. The highest BCUT2D eigenvalue weighted by atomic mass is 16.3. The molecule has 21 heavy (non-hydrogen) atoms.